The molecule has 1 heterocycles. The van der Waals surface area contributed by atoms with Gasteiger partial charge in [0.05, 0.1) is 0 Å². The number of hydrogen-bond acceptors (Lipinski definition) is 3. The predicted octanol–water partition coefficient (Wildman–Crippen LogP) is 4.51. The number of ether oxygens (including phenoxy) is 1. The first-order valence-corrected chi connectivity index (χ1v) is 9.92. The van der Waals surface area contributed by atoms with Crippen LogP contribution in [0.15, 0.2) is 84.9 Å². The summed E-state index contributed by atoms with van der Waals surface area (Å²) in [6, 6.07) is 27.9. The lowest BCUT2D eigenvalue weighted by Crippen LogP contribution is -2.51. The van der Waals surface area contributed by atoms with Crippen molar-refractivity contribution in [3.05, 3.63) is 90.5 Å². The highest BCUT2D eigenvalue weighted by Gasteiger charge is 2.21. The van der Waals surface area contributed by atoms with Crippen LogP contribution >= 0.6 is 0 Å². The molecule has 0 radical (unpaired) electrons. The van der Waals surface area contributed by atoms with Gasteiger partial charge in [0, 0.05) is 38.4 Å². The number of carbonyl (C=O) groups is 1. The van der Waals surface area contributed by atoms with Crippen LogP contribution in [-0.2, 0) is 6.54 Å². The number of amides is 2. The molecule has 0 spiro atoms. The van der Waals surface area contributed by atoms with E-state index in [-0.39, 0.29) is 6.03 Å². The first-order chi connectivity index (χ1) is 14.3. The van der Waals surface area contributed by atoms with Gasteiger partial charge in [-0.3, -0.25) is 0 Å². The van der Waals surface area contributed by atoms with Crippen LogP contribution in [0.5, 0.6) is 11.5 Å². The smallest absolute Gasteiger partial charge is 0.317 e. The Balaban J connectivity index is 1.26. The summed E-state index contributed by atoms with van der Waals surface area (Å²) in [4.78, 5) is 16.6. The molecule has 3 aromatic carbocycles. The van der Waals surface area contributed by atoms with E-state index >= 15 is 0 Å². The number of para-hydroxylation sites is 1. The third-order valence-corrected chi connectivity index (χ3v) is 5.03. The Hall–Kier alpha value is -3.47. The number of urea groups is 1. The van der Waals surface area contributed by atoms with Crippen LogP contribution in [0.25, 0.3) is 0 Å². The van der Waals surface area contributed by atoms with Crippen molar-refractivity contribution in [2.45, 2.75) is 6.54 Å². The van der Waals surface area contributed by atoms with Gasteiger partial charge in [0.15, 0.2) is 0 Å². The van der Waals surface area contributed by atoms with Crippen LogP contribution in [0, 0.1) is 0 Å². The van der Waals surface area contributed by atoms with E-state index in [4.69, 9.17) is 4.74 Å². The number of hydrogen-bond donors (Lipinski definition) is 1. The second-order valence-electron chi connectivity index (χ2n) is 7.03. The molecular weight excluding hydrogens is 362 g/mol. The minimum absolute atomic E-state index is 0.000104. The van der Waals surface area contributed by atoms with E-state index in [2.05, 4.69) is 22.3 Å². The van der Waals surface area contributed by atoms with Gasteiger partial charge in [0.25, 0.3) is 0 Å². The first kappa shape index (κ1) is 18.9. The molecule has 1 fully saturated rings. The third-order valence-electron chi connectivity index (χ3n) is 5.03. The fraction of sp³-hybridized carbons (Fsp3) is 0.208. The molecule has 2 amide bonds. The monoisotopic (exact) mass is 387 g/mol. The molecule has 1 saturated heterocycles. The molecule has 5 heteroatoms. The summed E-state index contributed by atoms with van der Waals surface area (Å²) in [5, 5.41) is 3.01. The maximum atomic E-state index is 12.4. The van der Waals surface area contributed by atoms with Gasteiger partial charge >= 0.3 is 6.03 Å². The van der Waals surface area contributed by atoms with Gasteiger partial charge in [-0.2, -0.15) is 0 Å². The predicted molar refractivity (Wildman–Crippen MR) is 115 cm³/mol. The molecular formula is C24H25N3O2. The van der Waals surface area contributed by atoms with Crippen LogP contribution in [0.4, 0.5) is 10.5 Å². The van der Waals surface area contributed by atoms with Gasteiger partial charge in [-0.05, 0) is 42.0 Å². The first-order valence-electron chi connectivity index (χ1n) is 9.92. The zero-order valence-electron chi connectivity index (χ0n) is 16.3. The molecule has 148 valence electrons. The van der Waals surface area contributed by atoms with E-state index in [1.807, 2.05) is 77.7 Å². The second kappa shape index (κ2) is 9.15. The Morgan fingerprint density at radius 1 is 0.759 bits per heavy atom. The minimum Gasteiger partial charge on any atom is -0.457 e. The quantitative estimate of drug-likeness (QED) is 0.701. The zero-order chi connectivity index (χ0) is 19.9. The lowest BCUT2D eigenvalue weighted by molar-refractivity contribution is 0.194. The summed E-state index contributed by atoms with van der Waals surface area (Å²) in [5.41, 5.74) is 2.26. The molecule has 4 rings (SSSR count). The van der Waals surface area contributed by atoms with E-state index in [0.717, 1.165) is 35.8 Å². The van der Waals surface area contributed by atoms with Crippen molar-refractivity contribution in [2.75, 3.05) is 31.1 Å². The van der Waals surface area contributed by atoms with Crippen LogP contribution in [0.1, 0.15) is 5.56 Å². The highest BCUT2D eigenvalue weighted by Crippen LogP contribution is 2.25. The topological polar surface area (TPSA) is 44.8 Å². The fourth-order valence-corrected chi connectivity index (χ4v) is 3.40. The van der Waals surface area contributed by atoms with Crippen LogP contribution < -0.4 is 15.0 Å². The van der Waals surface area contributed by atoms with Crippen molar-refractivity contribution in [3.8, 4) is 11.5 Å². The number of benzene rings is 3. The third kappa shape index (κ3) is 5.08. The van der Waals surface area contributed by atoms with Gasteiger partial charge in [-0.25, -0.2) is 4.79 Å². The molecule has 0 aliphatic carbocycles. The fourth-order valence-electron chi connectivity index (χ4n) is 3.40. The minimum atomic E-state index is 0.000104. The van der Waals surface area contributed by atoms with Crippen molar-refractivity contribution in [2.24, 2.45) is 0 Å². The number of nitrogens with zero attached hydrogens (tertiary/aromatic N) is 2. The zero-order valence-corrected chi connectivity index (χ0v) is 16.3. The molecule has 3 aromatic rings. The molecule has 0 atom stereocenters. The number of carbonyl (C=O) groups excluding carboxylic acids is 1. The molecule has 5 nitrogen and oxygen atoms in total. The Bertz CT molecular complexity index is 906. The Morgan fingerprint density at radius 3 is 2.00 bits per heavy atom. The summed E-state index contributed by atoms with van der Waals surface area (Å²) >= 11 is 0. The maximum Gasteiger partial charge on any atom is 0.317 e. The van der Waals surface area contributed by atoms with Crippen LogP contribution in [0.2, 0.25) is 0 Å². The Morgan fingerprint density at radius 2 is 1.34 bits per heavy atom. The van der Waals surface area contributed by atoms with Gasteiger partial charge in [0.1, 0.15) is 11.5 Å². The highest BCUT2D eigenvalue weighted by atomic mass is 16.5. The molecule has 1 aliphatic rings. The summed E-state index contributed by atoms with van der Waals surface area (Å²) in [6.45, 7) is 3.61. The molecule has 1 N–H and O–H groups in total. The molecule has 29 heavy (non-hydrogen) atoms. The Labute approximate surface area is 171 Å². The number of piperazine rings is 1. The molecule has 0 saturated carbocycles. The van der Waals surface area contributed by atoms with Gasteiger partial charge < -0.3 is 19.9 Å². The molecule has 0 unspecified atom stereocenters. The normalized spacial score (nSPS) is 13.8. The van der Waals surface area contributed by atoms with Crippen molar-refractivity contribution in [1.82, 2.24) is 10.2 Å². The van der Waals surface area contributed by atoms with E-state index in [1.54, 1.807) is 0 Å². The van der Waals surface area contributed by atoms with Crippen molar-refractivity contribution < 1.29 is 9.53 Å². The Kier molecular flexibility index (Phi) is 5.95. The summed E-state index contributed by atoms with van der Waals surface area (Å²) in [7, 11) is 0. The molecule has 0 bridgehead atoms. The number of rotatable bonds is 5. The average Bonchev–Trinajstić information content (AvgIpc) is 2.79. The summed E-state index contributed by atoms with van der Waals surface area (Å²) < 4.78 is 5.85. The van der Waals surface area contributed by atoms with Crippen LogP contribution in [-0.4, -0.2) is 37.1 Å². The van der Waals surface area contributed by atoms with Gasteiger partial charge in [0.2, 0.25) is 0 Å². The highest BCUT2D eigenvalue weighted by molar-refractivity contribution is 5.74. The van der Waals surface area contributed by atoms with Crippen molar-refractivity contribution >= 4 is 11.7 Å². The van der Waals surface area contributed by atoms with E-state index < -0.39 is 0 Å². The lowest BCUT2D eigenvalue weighted by atomic mass is 10.2. The summed E-state index contributed by atoms with van der Waals surface area (Å²) in [6.07, 6.45) is 0. The molecule has 1 aliphatic heterocycles. The SMILES string of the molecule is O=C(NCc1ccccc1)N1CCN(c2ccc(Oc3ccccc3)cc2)CC1. The van der Waals surface area contributed by atoms with Crippen LogP contribution in [0.3, 0.4) is 0 Å². The van der Waals surface area contributed by atoms with Crippen molar-refractivity contribution in [3.63, 3.8) is 0 Å². The number of nitrogens with one attached hydrogen (secondary N) is 1. The van der Waals surface area contributed by atoms with Gasteiger partial charge in [-0.15, -0.1) is 0 Å². The standard InChI is InChI=1S/C24H25N3O2/c28-24(25-19-20-7-3-1-4-8-20)27-17-15-26(16-18-27)21-11-13-23(14-12-21)29-22-9-5-2-6-10-22/h1-14H,15-19H2,(H,25,28). The number of anilines is 1. The lowest BCUT2D eigenvalue weighted by Gasteiger charge is -2.36. The molecule has 0 aromatic heterocycles. The summed E-state index contributed by atoms with van der Waals surface area (Å²) in [5.74, 6) is 1.65. The van der Waals surface area contributed by atoms with E-state index in [1.165, 1.54) is 0 Å². The van der Waals surface area contributed by atoms with E-state index in [0.29, 0.717) is 19.6 Å². The average molecular weight is 387 g/mol. The van der Waals surface area contributed by atoms with E-state index in [9.17, 15) is 4.79 Å². The largest absolute Gasteiger partial charge is 0.457 e. The van der Waals surface area contributed by atoms with Gasteiger partial charge in [-0.1, -0.05) is 48.5 Å². The second-order valence-corrected chi connectivity index (χ2v) is 7.03. The maximum absolute atomic E-state index is 12.4. The van der Waals surface area contributed by atoms with Crippen molar-refractivity contribution in [1.29, 1.82) is 0 Å².